The molecule has 0 heterocycles. The van der Waals surface area contributed by atoms with Crippen molar-refractivity contribution in [3.63, 3.8) is 0 Å². The fraction of sp³-hybridized carbons (Fsp3) is 0.632. The molecule has 0 fully saturated rings. The molecule has 0 atom stereocenters. The first-order valence-corrected chi connectivity index (χ1v) is 8.85. The molecule has 23 heavy (non-hydrogen) atoms. The number of ether oxygens (including phenoxy) is 1. The molecule has 3 nitrogen and oxygen atoms in total. The second-order valence-electron chi connectivity index (χ2n) is 8.07. The first kappa shape index (κ1) is 20.2. The second kappa shape index (κ2) is 7.80. The van der Waals surface area contributed by atoms with Crippen LogP contribution in [0.25, 0.3) is 0 Å². The maximum atomic E-state index is 12.9. The molecule has 0 aliphatic carbocycles. The lowest BCUT2D eigenvalue weighted by Crippen LogP contribution is -2.46. The minimum absolute atomic E-state index is 0.0187. The number of hydrogen-bond acceptors (Lipinski definition) is 2. The summed E-state index contributed by atoms with van der Waals surface area (Å²) < 4.78 is 6.11. The van der Waals surface area contributed by atoms with Crippen molar-refractivity contribution in [3.05, 3.63) is 33.3 Å². The van der Waals surface area contributed by atoms with Crippen molar-refractivity contribution in [2.75, 3.05) is 13.7 Å². The highest BCUT2D eigenvalue weighted by molar-refractivity contribution is 9.10. The zero-order chi connectivity index (χ0) is 17.8. The number of hydrogen-bond donors (Lipinski definition) is 1. The summed E-state index contributed by atoms with van der Waals surface area (Å²) in [5, 5.41) is 3.20. The number of carbonyl (C=O) groups is 1. The van der Waals surface area contributed by atoms with Crippen LogP contribution in [-0.2, 0) is 11.2 Å². The Labute approximate surface area is 149 Å². The average molecular weight is 384 g/mol. The molecule has 1 amide bonds. The Morgan fingerprint density at radius 2 is 1.83 bits per heavy atom. The monoisotopic (exact) mass is 383 g/mol. The normalized spacial score (nSPS) is 12.3. The van der Waals surface area contributed by atoms with Crippen LogP contribution in [0.4, 0.5) is 0 Å². The van der Waals surface area contributed by atoms with Gasteiger partial charge in [-0.1, -0.05) is 36.7 Å². The van der Waals surface area contributed by atoms with Gasteiger partial charge in [0.1, 0.15) is 0 Å². The molecule has 1 aromatic rings. The molecule has 1 aromatic carbocycles. The minimum atomic E-state index is -0.260. The lowest BCUT2D eigenvalue weighted by molar-refractivity contribution is 0.0890. The Morgan fingerprint density at radius 3 is 2.35 bits per heavy atom. The Morgan fingerprint density at radius 1 is 1.22 bits per heavy atom. The highest BCUT2D eigenvalue weighted by atomic mass is 79.9. The molecular weight excluding hydrogens is 354 g/mol. The van der Waals surface area contributed by atoms with Gasteiger partial charge in [0.15, 0.2) is 0 Å². The first-order chi connectivity index (χ1) is 10.4. The van der Waals surface area contributed by atoms with E-state index >= 15 is 0 Å². The lowest BCUT2D eigenvalue weighted by Gasteiger charge is -2.33. The number of benzene rings is 1. The molecule has 0 spiro atoms. The van der Waals surface area contributed by atoms with Crippen molar-refractivity contribution >= 4 is 21.8 Å². The molecule has 130 valence electrons. The van der Waals surface area contributed by atoms with Gasteiger partial charge in [-0.3, -0.25) is 4.79 Å². The molecule has 4 heteroatoms. The van der Waals surface area contributed by atoms with E-state index in [0.717, 1.165) is 34.0 Å². The molecule has 0 radical (unpaired) electrons. The first-order valence-electron chi connectivity index (χ1n) is 8.06. The molecule has 1 rings (SSSR count). The van der Waals surface area contributed by atoms with Gasteiger partial charge in [-0.25, -0.2) is 0 Å². The Balaban J connectivity index is 3.07. The van der Waals surface area contributed by atoms with Gasteiger partial charge in [0, 0.05) is 22.7 Å². The van der Waals surface area contributed by atoms with Crippen LogP contribution in [0.3, 0.4) is 0 Å². The molecule has 0 aliphatic rings. The highest BCUT2D eigenvalue weighted by Crippen LogP contribution is 2.28. The summed E-state index contributed by atoms with van der Waals surface area (Å²) in [6.45, 7) is 13.4. The number of carbonyl (C=O) groups excluding carboxylic acids is 1. The van der Waals surface area contributed by atoms with Crippen molar-refractivity contribution in [2.24, 2.45) is 5.41 Å². The van der Waals surface area contributed by atoms with Crippen molar-refractivity contribution in [1.29, 1.82) is 0 Å². The molecule has 0 aromatic heterocycles. The van der Waals surface area contributed by atoms with Crippen LogP contribution >= 0.6 is 15.9 Å². The Hall–Kier alpha value is -0.870. The standard InChI is InChI=1S/C19H30BrNO2/c1-13-10-14(20)11-16(15(13)8-9-23-7)17(22)21-19(5,6)12-18(2,3)4/h10-11H,8-9,12H2,1-7H3,(H,21,22). The number of aryl methyl sites for hydroxylation is 1. The van der Waals surface area contributed by atoms with Crippen LogP contribution in [0.5, 0.6) is 0 Å². The van der Waals surface area contributed by atoms with Gasteiger partial charge in [-0.2, -0.15) is 0 Å². The highest BCUT2D eigenvalue weighted by Gasteiger charge is 2.28. The van der Waals surface area contributed by atoms with E-state index < -0.39 is 0 Å². The molecule has 0 unspecified atom stereocenters. The van der Waals surface area contributed by atoms with Gasteiger partial charge in [-0.05, 0) is 62.3 Å². The predicted octanol–water partition coefficient (Wildman–Crippen LogP) is 4.89. The van der Waals surface area contributed by atoms with E-state index in [2.05, 4.69) is 55.9 Å². The van der Waals surface area contributed by atoms with Gasteiger partial charge in [0.25, 0.3) is 5.91 Å². The molecule has 0 saturated heterocycles. The summed E-state index contributed by atoms with van der Waals surface area (Å²) in [6, 6.07) is 3.95. The SMILES string of the molecule is COCCc1c(C)cc(Br)cc1C(=O)NC(C)(C)CC(C)(C)C. The van der Waals surface area contributed by atoms with E-state index in [0.29, 0.717) is 6.61 Å². The van der Waals surface area contributed by atoms with Crippen molar-refractivity contribution < 1.29 is 9.53 Å². The molecule has 0 bridgehead atoms. The summed E-state index contributed by atoms with van der Waals surface area (Å²) in [5.41, 5.74) is 2.79. The van der Waals surface area contributed by atoms with Gasteiger partial charge in [0.2, 0.25) is 0 Å². The smallest absolute Gasteiger partial charge is 0.252 e. The summed E-state index contributed by atoms with van der Waals surface area (Å²) >= 11 is 3.50. The third-order valence-electron chi connectivity index (χ3n) is 3.66. The molecular formula is C19H30BrNO2. The van der Waals surface area contributed by atoms with Crippen LogP contribution < -0.4 is 5.32 Å². The maximum absolute atomic E-state index is 12.9. The quantitative estimate of drug-likeness (QED) is 0.758. The van der Waals surface area contributed by atoms with Crippen molar-refractivity contribution in [2.45, 2.75) is 59.9 Å². The Kier molecular flexibility index (Phi) is 6.84. The number of amides is 1. The van der Waals surface area contributed by atoms with E-state index in [9.17, 15) is 4.79 Å². The van der Waals surface area contributed by atoms with Crippen LogP contribution in [0.2, 0.25) is 0 Å². The molecule has 0 saturated carbocycles. The van der Waals surface area contributed by atoms with E-state index in [1.807, 2.05) is 19.1 Å². The van der Waals surface area contributed by atoms with Gasteiger partial charge >= 0.3 is 0 Å². The number of nitrogens with one attached hydrogen (secondary N) is 1. The molecule has 0 aliphatic heterocycles. The van der Waals surface area contributed by atoms with Crippen molar-refractivity contribution in [3.8, 4) is 0 Å². The maximum Gasteiger partial charge on any atom is 0.252 e. The lowest BCUT2D eigenvalue weighted by atomic mass is 9.81. The van der Waals surface area contributed by atoms with Gasteiger partial charge in [0.05, 0.1) is 6.61 Å². The third kappa shape index (κ3) is 6.64. The number of rotatable bonds is 6. The van der Waals surface area contributed by atoms with Gasteiger partial charge in [-0.15, -0.1) is 0 Å². The van der Waals surface area contributed by atoms with Crippen LogP contribution in [0, 0.1) is 12.3 Å². The topological polar surface area (TPSA) is 38.3 Å². The fourth-order valence-electron chi connectivity index (χ4n) is 3.26. The predicted molar refractivity (Wildman–Crippen MR) is 100 cm³/mol. The van der Waals surface area contributed by atoms with E-state index in [-0.39, 0.29) is 16.9 Å². The summed E-state index contributed by atoms with van der Waals surface area (Å²) in [4.78, 5) is 12.9. The van der Waals surface area contributed by atoms with Crippen LogP contribution in [0.1, 0.15) is 62.5 Å². The Bertz CT molecular complexity index is 559. The zero-order valence-electron chi connectivity index (χ0n) is 15.5. The van der Waals surface area contributed by atoms with Crippen LogP contribution in [0.15, 0.2) is 16.6 Å². The zero-order valence-corrected chi connectivity index (χ0v) is 17.1. The van der Waals surface area contributed by atoms with E-state index in [1.54, 1.807) is 7.11 Å². The number of methoxy groups -OCH3 is 1. The molecule has 1 N–H and O–H groups in total. The summed E-state index contributed by atoms with van der Waals surface area (Å²) in [7, 11) is 1.68. The summed E-state index contributed by atoms with van der Waals surface area (Å²) in [6.07, 6.45) is 1.64. The van der Waals surface area contributed by atoms with Gasteiger partial charge < -0.3 is 10.1 Å². The second-order valence-corrected chi connectivity index (χ2v) is 8.98. The fourth-order valence-corrected chi connectivity index (χ4v) is 3.83. The van der Waals surface area contributed by atoms with Crippen LogP contribution in [-0.4, -0.2) is 25.2 Å². The van der Waals surface area contributed by atoms with Crippen molar-refractivity contribution in [1.82, 2.24) is 5.32 Å². The largest absolute Gasteiger partial charge is 0.384 e. The summed E-state index contributed by atoms with van der Waals surface area (Å²) in [5.74, 6) is -0.0187. The number of halogens is 1. The average Bonchev–Trinajstić information content (AvgIpc) is 2.33. The van der Waals surface area contributed by atoms with E-state index in [4.69, 9.17) is 4.74 Å². The minimum Gasteiger partial charge on any atom is -0.384 e. The third-order valence-corrected chi connectivity index (χ3v) is 4.12. The van der Waals surface area contributed by atoms with E-state index in [1.165, 1.54) is 0 Å².